The van der Waals surface area contributed by atoms with E-state index in [-0.39, 0.29) is 6.29 Å². The summed E-state index contributed by atoms with van der Waals surface area (Å²) in [6.07, 6.45) is 4.38. The van der Waals surface area contributed by atoms with Crippen molar-refractivity contribution in [2.45, 2.75) is 66.6 Å². The summed E-state index contributed by atoms with van der Waals surface area (Å²) in [4.78, 5) is 0. The van der Waals surface area contributed by atoms with E-state index in [0.29, 0.717) is 11.8 Å². The van der Waals surface area contributed by atoms with Gasteiger partial charge in [-0.25, -0.2) is 0 Å². The largest absolute Gasteiger partial charge is 0.353 e. The van der Waals surface area contributed by atoms with Crippen molar-refractivity contribution in [2.75, 3.05) is 13.2 Å². The SMILES string of the molecule is CCCC(OCCC(C)C)OCCC(C)C. The molecule has 0 saturated heterocycles. The third-order valence-corrected chi connectivity index (χ3v) is 2.52. The van der Waals surface area contributed by atoms with Gasteiger partial charge in [0.15, 0.2) is 6.29 Å². The molecule has 0 aliphatic carbocycles. The summed E-state index contributed by atoms with van der Waals surface area (Å²) in [6, 6.07) is 0. The van der Waals surface area contributed by atoms with Gasteiger partial charge in [0.05, 0.1) is 0 Å². The lowest BCUT2D eigenvalue weighted by atomic mass is 10.1. The van der Waals surface area contributed by atoms with Gasteiger partial charge in [0.25, 0.3) is 0 Å². The van der Waals surface area contributed by atoms with Crippen molar-refractivity contribution in [1.82, 2.24) is 0 Å². The summed E-state index contributed by atoms with van der Waals surface area (Å²) in [5.74, 6) is 1.41. The molecule has 0 saturated carbocycles. The summed E-state index contributed by atoms with van der Waals surface area (Å²) in [6.45, 7) is 12.7. The van der Waals surface area contributed by atoms with Crippen LogP contribution in [0.5, 0.6) is 0 Å². The van der Waals surface area contributed by atoms with Crippen LogP contribution < -0.4 is 0 Å². The highest BCUT2D eigenvalue weighted by Gasteiger charge is 2.08. The van der Waals surface area contributed by atoms with Crippen LogP contribution in [0.15, 0.2) is 0 Å². The standard InChI is InChI=1S/C14H30O2/c1-6-7-14(15-10-8-12(2)3)16-11-9-13(4)5/h12-14H,6-11H2,1-5H3. The molecule has 0 atom stereocenters. The molecule has 0 aliphatic heterocycles. The maximum Gasteiger partial charge on any atom is 0.157 e. The van der Waals surface area contributed by atoms with Gasteiger partial charge in [-0.3, -0.25) is 0 Å². The van der Waals surface area contributed by atoms with Crippen molar-refractivity contribution in [3.05, 3.63) is 0 Å². The van der Waals surface area contributed by atoms with Crippen molar-refractivity contribution in [2.24, 2.45) is 11.8 Å². The lowest BCUT2D eigenvalue weighted by molar-refractivity contribution is -0.149. The zero-order valence-corrected chi connectivity index (χ0v) is 11.8. The van der Waals surface area contributed by atoms with Gasteiger partial charge < -0.3 is 9.47 Å². The molecule has 0 aromatic carbocycles. The average molecular weight is 230 g/mol. The Hall–Kier alpha value is -0.0800. The summed E-state index contributed by atoms with van der Waals surface area (Å²) >= 11 is 0. The second-order valence-electron chi connectivity index (χ2n) is 5.32. The Kier molecular flexibility index (Phi) is 10.0. The predicted molar refractivity (Wildman–Crippen MR) is 69.5 cm³/mol. The fourth-order valence-corrected chi connectivity index (χ4v) is 1.32. The Bertz CT molecular complexity index is 130. The molecule has 98 valence electrons. The van der Waals surface area contributed by atoms with Crippen LogP contribution in [0.2, 0.25) is 0 Å². The first kappa shape index (κ1) is 15.9. The van der Waals surface area contributed by atoms with E-state index >= 15 is 0 Å². The van der Waals surface area contributed by atoms with Gasteiger partial charge in [-0.15, -0.1) is 0 Å². The highest BCUT2D eigenvalue weighted by Crippen LogP contribution is 2.09. The highest BCUT2D eigenvalue weighted by atomic mass is 16.7. The van der Waals surface area contributed by atoms with E-state index in [2.05, 4.69) is 34.6 Å². The molecule has 0 rings (SSSR count). The minimum Gasteiger partial charge on any atom is -0.353 e. The minimum absolute atomic E-state index is 0.0162. The molecule has 0 aromatic rings. The van der Waals surface area contributed by atoms with Gasteiger partial charge in [-0.05, 0) is 31.1 Å². The Labute approximate surface area is 102 Å². The molecule has 2 heteroatoms. The normalized spacial score (nSPS) is 12.0. The number of hydrogen-bond donors (Lipinski definition) is 0. The van der Waals surface area contributed by atoms with Gasteiger partial charge in [0.2, 0.25) is 0 Å². The van der Waals surface area contributed by atoms with Crippen molar-refractivity contribution >= 4 is 0 Å². The number of hydrogen-bond acceptors (Lipinski definition) is 2. The van der Waals surface area contributed by atoms with Gasteiger partial charge in [0.1, 0.15) is 0 Å². The van der Waals surface area contributed by atoms with E-state index in [0.717, 1.165) is 38.9 Å². The molecule has 0 fully saturated rings. The zero-order valence-electron chi connectivity index (χ0n) is 11.8. The molecule has 0 bridgehead atoms. The van der Waals surface area contributed by atoms with Crippen molar-refractivity contribution in [3.63, 3.8) is 0 Å². The molecule has 0 amide bonds. The fraction of sp³-hybridized carbons (Fsp3) is 1.00. The summed E-state index contributed by atoms with van der Waals surface area (Å²) < 4.78 is 11.5. The van der Waals surface area contributed by atoms with Crippen molar-refractivity contribution in [1.29, 1.82) is 0 Å². The summed E-state index contributed by atoms with van der Waals surface area (Å²) in [7, 11) is 0. The van der Waals surface area contributed by atoms with Crippen molar-refractivity contribution < 1.29 is 9.47 Å². The molecule has 0 aromatic heterocycles. The van der Waals surface area contributed by atoms with Crippen molar-refractivity contribution in [3.8, 4) is 0 Å². The quantitative estimate of drug-likeness (QED) is 0.523. The van der Waals surface area contributed by atoms with Crippen LogP contribution in [0, 0.1) is 11.8 Å². The van der Waals surface area contributed by atoms with Gasteiger partial charge in [-0.1, -0.05) is 41.0 Å². The monoisotopic (exact) mass is 230 g/mol. The fourth-order valence-electron chi connectivity index (χ4n) is 1.32. The smallest absolute Gasteiger partial charge is 0.157 e. The first-order chi connectivity index (χ1) is 7.56. The van der Waals surface area contributed by atoms with Crippen LogP contribution in [0.4, 0.5) is 0 Å². The lowest BCUT2D eigenvalue weighted by Gasteiger charge is -2.19. The topological polar surface area (TPSA) is 18.5 Å². The maximum absolute atomic E-state index is 5.75. The Morgan fingerprint density at radius 3 is 1.50 bits per heavy atom. The van der Waals surface area contributed by atoms with Gasteiger partial charge >= 0.3 is 0 Å². The third kappa shape index (κ3) is 10.4. The Morgan fingerprint density at radius 2 is 1.19 bits per heavy atom. The molecule has 0 N–H and O–H groups in total. The van der Waals surface area contributed by atoms with Crippen LogP contribution in [0.25, 0.3) is 0 Å². The predicted octanol–water partition coefficient (Wildman–Crippen LogP) is 4.24. The molecular formula is C14H30O2. The Balaban J connectivity index is 3.61. The molecule has 2 nitrogen and oxygen atoms in total. The first-order valence-corrected chi connectivity index (χ1v) is 6.79. The third-order valence-electron chi connectivity index (χ3n) is 2.52. The Morgan fingerprint density at radius 1 is 0.750 bits per heavy atom. The minimum atomic E-state index is 0.0162. The number of rotatable bonds is 10. The summed E-state index contributed by atoms with van der Waals surface area (Å²) in [5.41, 5.74) is 0. The molecule has 0 aliphatic rings. The number of ether oxygens (including phenoxy) is 2. The second kappa shape index (κ2) is 10.1. The van der Waals surface area contributed by atoms with E-state index in [1.54, 1.807) is 0 Å². The highest BCUT2D eigenvalue weighted by molar-refractivity contribution is 4.49. The maximum atomic E-state index is 5.75. The van der Waals surface area contributed by atoms with Gasteiger partial charge in [0, 0.05) is 13.2 Å². The van der Waals surface area contributed by atoms with E-state index in [4.69, 9.17) is 9.47 Å². The van der Waals surface area contributed by atoms with E-state index < -0.39 is 0 Å². The first-order valence-electron chi connectivity index (χ1n) is 6.79. The molecule has 0 spiro atoms. The van der Waals surface area contributed by atoms with Crippen LogP contribution in [-0.4, -0.2) is 19.5 Å². The molecule has 0 unspecified atom stereocenters. The molecular weight excluding hydrogens is 200 g/mol. The van der Waals surface area contributed by atoms with E-state index in [9.17, 15) is 0 Å². The molecule has 0 radical (unpaired) electrons. The van der Waals surface area contributed by atoms with Crippen LogP contribution in [0.3, 0.4) is 0 Å². The van der Waals surface area contributed by atoms with E-state index in [1.807, 2.05) is 0 Å². The lowest BCUT2D eigenvalue weighted by Crippen LogP contribution is -2.19. The van der Waals surface area contributed by atoms with Crippen LogP contribution in [0.1, 0.15) is 60.3 Å². The van der Waals surface area contributed by atoms with Gasteiger partial charge in [-0.2, -0.15) is 0 Å². The molecule has 0 heterocycles. The van der Waals surface area contributed by atoms with E-state index in [1.165, 1.54) is 0 Å². The van der Waals surface area contributed by atoms with Crippen LogP contribution >= 0.6 is 0 Å². The zero-order chi connectivity index (χ0) is 12.4. The second-order valence-corrected chi connectivity index (χ2v) is 5.32. The van der Waals surface area contributed by atoms with Crippen LogP contribution in [-0.2, 0) is 9.47 Å². The summed E-state index contributed by atoms with van der Waals surface area (Å²) in [5, 5.41) is 0. The molecule has 16 heavy (non-hydrogen) atoms. The average Bonchev–Trinajstić information content (AvgIpc) is 2.16.